The van der Waals surface area contributed by atoms with E-state index in [1.165, 1.54) is 5.56 Å². The van der Waals surface area contributed by atoms with Gasteiger partial charge < -0.3 is 4.90 Å². The molecule has 0 unspecified atom stereocenters. The number of benzene rings is 1. The monoisotopic (exact) mass is 401 g/mol. The predicted octanol–water partition coefficient (Wildman–Crippen LogP) is 3.84. The maximum Gasteiger partial charge on any atom is 0.258 e. The summed E-state index contributed by atoms with van der Waals surface area (Å²) < 4.78 is 3.49. The van der Waals surface area contributed by atoms with Crippen molar-refractivity contribution < 1.29 is 0 Å². The fourth-order valence-electron chi connectivity index (χ4n) is 4.57. The number of rotatable bonds is 3. The lowest BCUT2D eigenvalue weighted by molar-refractivity contribution is 0.172. The summed E-state index contributed by atoms with van der Waals surface area (Å²) in [6.45, 7) is 6.74. The van der Waals surface area contributed by atoms with Crippen molar-refractivity contribution in [1.82, 2.24) is 24.1 Å². The molecule has 0 N–H and O–H groups in total. The van der Waals surface area contributed by atoms with Crippen molar-refractivity contribution in [3.8, 4) is 11.3 Å². The minimum absolute atomic E-state index is 0.0391. The van der Waals surface area contributed by atoms with Crippen molar-refractivity contribution in [1.29, 1.82) is 0 Å². The van der Waals surface area contributed by atoms with Gasteiger partial charge in [-0.05, 0) is 69.5 Å². The summed E-state index contributed by atoms with van der Waals surface area (Å²) in [5.74, 6) is 0.504. The van der Waals surface area contributed by atoms with E-state index in [0.717, 1.165) is 42.4 Å². The Hall–Kier alpha value is -2.99. The lowest BCUT2D eigenvalue weighted by Crippen LogP contribution is -2.37. The molecule has 30 heavy (non-hydrogen) atoms. The maximum atomic E-state index is 12.9. The lowest BCUT2D eigenvalue weighted by Gasteiger charge is -2.34. The van der Waals surface area contributed by atoms with Crippen molar-refractivity contribution in [2.75, 3.05) is 13.1 Å². The van der Waals surface area contributed by atoms with Gasteiger partial charge in [0.05, 0.1) is 11.2 Å². The molecule has 0 saturated carbocycles. The molecule has 1 aliphatic rings. The van der Waals surface area contributed by atoms with E-state index in [0.29, 0.717) is 23.3 Å². The third-order valence-electron chi connectivity index (χ3n) is 6.33. The summed E-state index contributed by atoms with van der Waals surface area (Å²) in [5, 5.41) is 5.45. The summed E-state index contributed by atoms with van der Waals surface area (Å²) in [4.78, 5) is 20.2. The Labute approximate surface area is 175 Å². The highest BCUT2D eigenvalue weighted by Crippen LogP contribution is 2.29. The van der Waals surface area contributed by atoms with Gasteiger partial charge in [0, 0.05) is 42.5 Å². The SMILES string of the molecule is CC(C)N1CCC(c2ccc3nc(-c4ccc5nn(C)cc5c4)cc(=O)n3c2)CC1. The van der Waals surface area contributed by atoms with Gasteiger partial charge in [-0.25, -0.2) is 4.98 Å². The van der Waals surface area contributed by atoms with Gasteiger partial charge >= 0.3 is 0 Å². The Morgan fingerprint density at radius 1 is 1.03 bits per heavy atom. The zero-order valence-electron chi connectivity index (χ0n) is 17.7. The number of hydrogen-bond donors (Lipinski definition) is 0. The Morgan fingerprint density at radius 2 is 1.83 bits per heavy atom. The minimum atomic E-state index is -0.0391. The number of fused-ring (bicyclic) bond motifs is 2. The van der Waals surface area contributed by atoms with Crippen molar-refractivity contribution in [2.45, 2.75) is 38.6 Å². The molecule has 0 amide bonds. The summed E-state index contributed by atoms with van der Waals surface area (Å²) in [6.07, 6.45) is 6.24. The zero-order valence-corrected chi connectivity index (χ0v) is 17.7. The molecular weight excluding hydrogens is 374 g/mol. The van der Waals surface area contributed by atoms with E-state index in [9.17, 15) is 4.79 Å². The van der Waals surface area contributed by atoms with Gasteiger partial charge in [0.2, 0.25) is 0 Å². The van der Waals surface area contributed by atoms with Gasteiger partial charge in [-0.2, -0.15) is 5.10 Å². The van der Waals surface area contributed by atoms with E-state index < -0.39 is 0 Å². The van der Waals surface area contributed by atoms with Crippen LogP contribution >= 0.6 is 0 Å². The molecule has 0 radical (unpaired) electrons. The van der Waals surface area contributed by atoms with Gasteiger partial charge in [-0.3, -0.25) is 13.9 Å². The summed E-state index contributed by atoms with van der Waals surface area (Å²) in [7, 11) is 1.91. The Morgan fingerprint density at radius 3 is 2.60 bits per heavy atom. The average molecular weight is 402 g/mol. The number of likely N-dealkylation sites (tertiary alicyclic amines) is 1. The van der Waals surface area contributed by atoms with Crippen LogP contribution in [0.15, 0.2) is 53.6 Å². The van der Waals surface area contributed by atoms with Crippen LogP contribution < -0.4 is 5.56 Å². The third-order valence-corrected chi connectivity index (χ3v) is 6.33. The molecule has 6 heteroatoms. The molecule has 0 spiro atoms. The maximum absolute atomic E-state index is 12.9. The summed E-state index contributed by atoms with van der Waals surface area (Å²) in [6, 6.07) is 12.3. The van der Waals surface area contributed by atoms with Crippen LogP contribution in [0.25, 0.3) is 27.8 Å². The Bertz CT molecular complexity index is 1280. The van der Waals surface area contributed by atoms with E-state index in [2.05, 4.69) is 29.9 Å². The van der Waals surface area contributed by atoms with Crippen molar-refractivity contribution in [3.63, 3.8) is 0 Å². The van der Waals surface area contributed by atoms with E-state index in [1.807, 2.05) is 43.7 Å². The third kappa shape index (κ3) is 3.41. The molecule has 0 aliphatic carbocycles. The van der Waals surface area contributed by atoms with Gasteiger partial charge in [-0.1, -0.05) is 12.1 Å². The first-order valence-electron chi connectivity index (χ1n) is 10.7. The highest BCUT2D eigenvalue weighted by Gasteiger charge is 2.22. The molecule has 1 aromatic carbocycles. The average Bonchev–Trinajstić information content (AvgIpc) is 3.12. The number of hydrogen-bond acceptors (Lipinski definition) is 4. The van der Waals surface area contributed by atoms with E-state index in [4.69, 9.17) is 4.98 Å². The molecule has 3 aromatic heterocycles. The second kappa shape index (κ2) is 7.36. The van der Waals surface area contributed by atoms with Gasteiger partial charge in [0.15, 0.2) is 0 Å². The number of nitrogens with zero attached hydrogens (tertiary/aromatic N) is 5. The Kier molecular flexibility index (Phi) is 4.66. The van der Waals surface area contributed by atoms with E-state index >= 15 is 0 Å². The fourth-order valence-corrected chi connectivity index (χ4v) is 4.57. The lowest BCUT2D eigenvalue weighted by atomic mass is 9.90. The number of pyridine rings is 1. The molecule has 1 aliphatic heterocycles. The Balaban J connectivity index is 1.47. The van der Waals surface area contributed by atoms with Gasteiger partial charge in [0.25, 0.3) is 5.56 Å². The number of piperidine rings is 1. The molecule has 5 rings (SSSR count). The molecule has 154 valence electrons. The first-order valence-corrected chi connectivity index (χ1v) is 10.7. The van der Waals surface area contributed by atoms with Crippen LogP contribution in [-0.2, 0) is 7.05 Å². The van der Waals surface area contributed by atoms with Crippen LogP contribution in [0.4, 0.5) is 0 Å². The van der Waals surface area contributed by atoms with Crippen molar-refractivity contribution >= 4 is 16.6 Å². The quantitative estimate of drug-likeness (QED) is 0.523. The molecule has 0 bridgehead atoms. The van der Waals surface area contributed by atoms with Crippen molar-refractivity contribution in [3.05, 3.63) is 64.7 Å². The first kappa shape index (κ1) is 19.0. The van der Waals surface area contributed by atoms with E-state index in [1.54, 1.807) is 15.1 Å². The molecule has 1 fully saturated rings. The fraction of sp³-hybridized carbons (Fsp3) is 0.375. The van der Waals surface area contributed by atoms with Crippen LogP contribution in [0.2, 0.25) is 0 Å². The number of aryl methyl sites for hydroxylation is 1. The second-order valence-corrected chi connectivity index (χ2v) is 8.65. The van der Waals surface area contributed by atoms with Crippen LogP contribution in [-0.4, -0.2) is 43.2 Å². The zero-order chi connectivity index (χ0) is 20.8. The van der Waals surface area contributed by atoms with E-state index in [-0.39, 0.29) is 5.56 Å². The summed E-state index contributed by atoms with van der Waals surface area (Å²) >= 11 is 0. The number of aromatic nitrogens is 4. The molecule has 4 heterocycles. The second-order valence-electron chi connectivity index (χ2n) is 8.65. The standard InChI is InChI=1S/C24H27N5O/c1-16(2)28-10-8-17(9-11-28)19-5-7-23-25-22(13-24(30)29(23)15-19)18-4-6-21-20(12-18)14-27(3)26-21/h4-7,12-17H,8-11H2,1-3H3. The van der Waals surface area contributed by atoms with Gasteiger partial charge in [0.1, 0.15) is 5.65 Å². The van der Waals surface area contributed by atoms with Crippen LogP contribution in [0, 0.1) is 0 Å². The molecular formula is C24H27N5O. The van der Waals surface area contributed by atoms with Crippen LogP contribution in [0.5, 0.6) is 0 Å². The predicted molar refractivity (Wildman–Crippen MR) is 120 cm³/mol. The molecule has 1 saturated heterocycles. The first-order chi connectivity index (χ1) is 14.5. The smallest absolute Gasteiger partial charge is 0.258 e. The summed E-state index contributed by atoms with van der Waals surface area (Å²) in [5.41, 5.74) is 4.45. The minimum Gasteiger partial charge on any atom is -0.301 e. The highest BCUT2D eigenvalue weighted by atomic mass is 16.1. The van der Waals surface area contributed by atoms with Gasteiger partial charge in [-0.15, -0.1) is 0 Å². The normalized spacial score (nSPS) is 16.1. The largest absolute Gasteiger partial charge is 0.301 e. The highest BCUT2D eigenvalue weighted by molar-refractivity contribution is 5.83. The van der Waals surface area contributed by atoms with Crippen LogP contribution in [0.3, 0.4) is 0 Å². The molecule has 4 aromatic rings. The molecule has 6 nitrogen and oxygen atoms in total. The van der Waals surface area contributed by atoms with Crippen molar-refractivity contribution in [2.24, 2.45) is 7.05 Å². The van der Waals surface area contributed by atoms with Crippen LogP contribution in [0.1, 0.15) is 38.2 Å². The topological polar surface area (TPSA) is 55.4 Å². The molecule has 0 atom stereocenters.